The molecule has 0 aliphatic heterocycles. The van der Waals surface area contributed by atoms with E-state index in [4.69, 9.17) is 40.1 Å². The standard InChI is InChI=1S/C24H27N7O5.C19H19N7O3.C17H22ClN5O4.C7H6N2O/c1-24(2,3)36-23(34)30(4)19-10-18(27-15-6-5-7-17-20(15)25-12-35-17)29-21-13(11-26-31(19)21)22(33)28-14-8-9-16(14)32;1-20-16-7-15(23-12-3-2-4-14-17(12)21-9-29-14)25-18-10(8-22-26(16)18)19(28)24-11-5-6-13(11)27;1-17(2,3)27-16(26)22(4)13-7-12(18)21-14-9(8-19-23(13)14)15(25)20-10-5-6-11(10)24;8-5-2-1-3-6-7(5)9-4-10-6/h5-7,10-12,14,16,32H,8-9H2,1-4H3,(H,27,29)(H,28,33);2-4,7-9,11,13,20,27H,5-6H2,1H3,(H,23,25)(H,24,28);7-8,10-11,24H,5-6H2,1-4H3,(H,20,25);1-4H,8H2/t14-,16-;11-,13-;10-,11-;/m111./s1. The Morgan fingerprint density at radius 1 is 0.539 bits per heavy atom. The lowest BCUT2D eigenvalue weighted by Crippen LogP contribution is -2.50. The highest BCUT2D eigenvalue weighted by molar-refractivity contribution is 6.30. The van der Waals surface area contributed by atoms with Crippen LogP contribution in [0.5, 0.6) is 0 Å². The van der Waals surface area contributed by atoms with E-state index in [9.17, 15) is 39.3 Å². The van der Waals surface area contributed by atoms with Gasteiger partial charge in [-0.3, -0.25) is 24.2 Å². The summed E-state index contributed by atoms with van der Waals surface area (Å²) in [5.74, 6) is 1.03. The molecule has 12 aromatic rings. The first-order chi connectivity index (χ1) is 48.7. The number of nitrogens with zero attached hydrogens (tertiary/aromatic N) is 14. The van der Waals surface area contributed by atoms with E-state index in [1.54, 1.807) is 84.4 Å². The predicted molar refractivity (Wildman–Crippen MR) is 375 cm³/mol. The van der Waals surface area contributed by atoms with Crippen LogP contribution in [0.3, 0.4) is 0 Å². The number of aliphatic hydroxyl groups excluding tert-OH is 3. The minimum absolute atomic E-state index is 0.103. The molecule has 3 saturated carbocycles. The average molecular weight is 1420 g/mol. The summed E-state index contributed by atoms with van der Waals surface area (Å²) in [4.78, 5) is 91.8. The van der Waals surface area contributed by atoms with E-state index in [0.29, 0.717) is 106 Å². The number of carbonyl (C=O) groups is 5. The molecule has 532 valence electrons. The SMILES string of the molecule is CN(C(=O)OC(C)(C)C)c1cc(Cl)nc2c(C(=O)N[C@@H]3CC[C@H]3O)cnn12.CN(C(=O)OC(C)(C)C)c1cc(Nc2cccc3ocnc23)nc2c(C(=O)N[C@@H]3CC[C@H]3O)cnn12.CNc1cc(Nc2cccc3ocnc23)nc2c(C(=O)N[C@@H]3CC[C@H]3O)cnn12.Nc1cccc2ocnc12. The molecule has 9 heterocycles. The van der Waals surface area contributed by atoms with Gasteiger partial charge in [-0.15, -0.1) is 0 Å². The van der Waals surface area contributed by atoms with E-state index < -0.39 is 53.5 Å². The third kappa shape index (κ3) is 15.2. The summed E-state index contributed by atoms with van der Waals surface area (Å²) in [7, 11) is 4.84. The summed E-state index contributed by atoms with van der Waals surface area (Å²) in [5, 5.41) is 60.1. The van der Waals surface area contributed by atoms with E-state index in [2.05, 4.69) is 77.1 Å². The minimum atomic E-state index is -0.708. The number of nitrogens with two attached hydrogens (primary N) is 1. The smallest absolute Gasteiger partial charge is 0.415 e. The molecule has 3 fully saturated rings. The van der Waals surface area contributed by atoms with Crippen LogP contribution in [0, 0.1) is 0 Å². The number of benzene rings is 3. The summed E-state index contributed by atoms with van der Waals surface area (Å²) in [5.41, 5.74) is 11.8. The zero-order chi connectivity index (χ0) is 72.5. The number of ether oxygens (including phenoxy) is 2. The lowest BCUT2D eigenvalue weighted by molar-refractivity contribution is 0.0448. The minimum Gasteiger partial charge on any atom is -0.443 e. The number of oxazole rings is 3. The molecule has 5 amide bonds. The van der Waals surface area contributed by atoms with Gasteiger partial charge in [-0.05, 0) is 116 Å². The molecule has 0 saturated heterocycles. The van der Waals surface area contributed by atoms with Gasteiger partial charge in [0.25, 0.3) is 17.7 Å². The van der Waals surface area contributed by atoms with Crippen LogP contribution < -0.4 is 47.4 Å². The van der Waals surface area contributed by atoms with Gasteiger partial charge in [0.2, 0.25) is 0 Å². The van der Waals surface area contributed by atoms with E-state index >= 15 is 0 Å². The van der Waals surface area contributed by atoms with Gasteiger partial charge in [0.15, 0.2) is 52.9 Å². The Morgan fingerprint density at radius 3 is 1.32 bits per heavy atom. The highest BCUT2D eigenvalue weighted by Gasteiger charge is 2.35. The van der Waals surface area contributed by atoms with E-state index in [0.717, 1.165) is 23.2 Å². The first-order valence-corrected chi connectivity index (χ1v) is 32.7. The zero-order valence-corrected chi connectivity index (χ0v) is 57.5. The molecule has 11 N–H and O–H groups in total. The molecule has 6 atom stereocenters. The number of carbonyl (C=O) groups excluding carboxylic acids is 5. The lowest BCUT2D eigenvalue weighted by Gasteiger charge is -2.32. The number of para-hydroxylation sites is 3. The lowest BCUT2D eigenvalue weighted by atomic mass is 9.89. The molecule has 0 unspecified atom stereocenters. The number of hydrogen-bond acceptors (Lipinski definition) is 26. The largest absolute Gasteiger partial charge is 0.443 e. The maximum atomic E-state index is 13.0. The molecule has 3 aromatic carbocycles. The van der Waals surface area contributed by atoms with Gasteiger partial charge < -0.3 is 75.7 Å². The quantitative estimate of drug-likeness (QED) is 0.0381. The van der Waals surface area contributed by atoms with Gasteiger partial charge in [0.05, 0.1) is 72.1 Å². The number of amides is 5. The van der Waals surface area contributed by atoms with Crippen molar-refractivity contribution in [1.82, 2.24) is 74.7 Å². The van der Waals surface area contributed by atoms with Crippen molar-refractivity contribution >= 4 is 138 Å². The van der Waals surface area contributed by atoms with E-state index in [-0.39, 0.29) is 51.6 Å². The monoisotopic (exact) mass is 1420 g/mol. The summed E-state index contributed by atoms with van der Waals surface area (Å²) in [6.45, 7) is 10.6. The molecule has 102 heavy (non-hydrogen) atoms. The number of anilines is 8. The van der Waals surface area contributed by atoms with Crippen molar-refractivity contribution in [3.8, 4) is 0 Å². The fourth-order valence-electron chi connectivity index (χ4n) is 10.8. The van der Waals surface area contributed by atoms with Gasteiger partial charge in [-0.2, -0.15) is 28.8 Å². The Bertz CT molecular complexity index is 5110. The highest BCUT2D eigenvalue weighted by atomic mass is 35.5. The summed E-state index contributed by atoms with van der Waals surface area (Å²) >= 11 is 6.10. The molecular weight excluding hydrogens is 1340 g/mol. The van der Waals surface area contributed by atoms with Crippen LogP contribution in [0.4, 0.5) is 55.7 Å². The van der Waals surface area contributed by atoms with E-state index in [1.807, 2.05) is 42.5 Å². The summed E-state index contributed by atoms with van der Waals surface area (Å²) in [6.07, 6.45) is 9.72. The van der Waals surface area contributed by atoms with Crippen LogP contribution >= 0.6 is 11.6 Å². The Balaban J connectivity index is 0.000000136. The van der Waals surface area contributed by atoms with Crippen molar-refractivity contribution in [3.63, 3.8) is 0 Å². The first kappa shape index (κ1) is 70.1. The highest BCUT2D eigenvalue weighted by Crippen LogP contribution is 2.32. The number of nitrogen functional groups attached to an aromatic ring is 1. The second-order valence-corrected chi connectivity index (χ2v) is 26.5. The average Bonchev–Trinajstić information content (AvgIpc) is 1.58. The molecule has 34 nitrogen and oxygen atoms in total. The summed E-state index contributed by atoms with van der Waals surface area (Å²) < 4.78 is 30.9. The molecule has 0 radical (unpaired) electrons. The van der Waals surface area contributed by atoms with Crippen LogP contribution in [0.25, 0.3) is 50.2 Å². The topological polar surface area (TPSA) is 438 Å². The molecule has 35 heteroatoms. The van der Waals surface area contributed by atoms with Crippen LogP contribution in [0.2, 0.25) is 5.15 Å². The van der Waals surface area contributed by atoms with E-state index in [1.165, 1.54) is 69.7 Å². The van der Waals surface area contributed by atoms with Crippen molar-refractivity contribution in [1.29, 1.82) is 0 Å². The Kier molecular flexibility index (Phi) is 19.8. The predicted octanol–water partition coefficient (Wildman–Crippen LogP) is 8.56. The maximum absolute atomic E-state index is 13.0. The van der Waals surface area contributed by atoms with Crippen LogP contribution in [0.15, 0.2) is 124 Å². The maximum Gasteiger partial charge on any atom is 0.415 e. The Hall–Kier alpha value is -11.8. The van der Waals surface area contributed by atoms with Crippen molar-refractivity contribution in [2.45, 2.75) is 128 Å². The van der Waals surface area contributed by atoms with Gasteiger partial charge in [-0.25, -0.2) is 39.5 Å². The number of nitrogens with one attached hydrogen (secondary N) is 6. The molecule has 15 rings (SSSR count). The fourth-order valence-corrected chi connectivity index (χ4v) is 11.0. The first-order valence-electron chi connectivity index (χ1n) is 32.3. The van der Waals surface area contributed by atoms with Crippen LogP contribution in [-0.2, 0) is 9.47 Å². The number of aromatic nitrogens is 12. The van der Waals surface area contributed by atoms with Crippen molar-refractivity contribution in [3.05, 3.63) is 132 Å². The number of aliphatic hydroxyl groups is 3. The number of hydrogen-bond donors (Lipinski definition) is 10. The van der Waals surface area contributed by atoms with Gasteiger partial charge in [-0.1, -0.05) is 29.8 Å². The number of halogens is 1. The normalized spacial score (nSPS) is 17.7. The van der Waals surface area contributed by atoms with Crippen LogP contribution in [0.1, 0.15) is 111 Å². The van der Waals surface area contributed by atoms with Crippen molar-refractivity contribution < 1.29 is 62.0 Å². The second-order valence-electron chi connectivity index (χ2n) is 26.2. The molecule has 9 aromatic heterocycles. The third-order valence-electron chi connectivity index (χ3n) is 16.7. The van der Waals surface area contributed by atoms with Gasteiger partial charge >= 0.3 is 12.2 Å². The number of fused-ring (bicyclic) bond motifs is 6. The third-order valence-corrected chi connectivity index (χ3v) is 16.9. The molecule has 3 aliphatic rings. The molecule has 0 spiro atoms. The molecular formula is C67H74ClN21O13. The summed E-state index contributed by atoms with van der Waals surface area (Å²) in [6, 6.07) is 20.5. The van der Waals surface area contributed by atoms with Crippen molar-refractivity contribution in [2.75, 3.05) is 52.6 Å². The Labute approximate surface area is 584 Å². The molecule has 3 aliphatic carbocycles. The Morgan fingerprint density at radius 2 is 0.922 bits per heavy atom. The molecule has 0 bridgehead atoms. The zero-order valence-electron chi connectivity index (χ0n) is 56.7. The van der Waals surface area contributed by atoms with Gasteiger partial charge in [0.1, 0.15) is 78.7 Å². The van der Waals surface area contributed by atoms with Crippen LogP contribution in [-0.4, -0.2) is 173 Å². The number of rotatable bonds is 13. The second kappa shape index (κ2) is 28.8. The fraction of sp³-hybridized carbons (Fsp3) is 0.343. The van der Waals surface area contributed by atoms with Crippen molar-refractivity contribution in [2.24, 2.45) is 0 Å². The van der Waals surface area contributed by atoms with Gasteiger partial charge in [0, 0.05) is 39.3 Å².